The van der Waals surface area contributed by atoms with Crippen molar-refractivity contribution in [2.75, 3.05) is 13.1 Å². The Labute approximate surface area is 152 Å². The summed E-state index contributed by atoms with van der Waals surface area (Å²) in [6, 6.07) is 10.0. The summed E-state index contributed by atoms with van der Waals surface area (Å²) in [4.78, 5) is 22.0. The first-order valence-electron chi connectivity index (χ1n) is 8.93. The normalized spacial score (nSPS) is 16.3. The highest BCUT2D eigenvalue weighted by Gasteiger charge is 2.34. The Hall–Kier alpha value is -2.51. The molecule has 1 aromatic heterocycles. The van der Waals surface area contributed by atoms with Crippen molar-refractivity contribution in [2.24, 2.45) is 0 Å². The van der Waals surface area contributed by atoms with E-state index in [1.54, 1.807) is 0 Å². The van der Waals surface area contributed by atoms with E-state index < -0.39 is 0 Å². The second-order valence-electron chi connectivity index (χ2n) is 6.99. The van der Waals surface area contributed by atoms with Gasteiger partial charge in [0.2, 0.25) is 5.82 Å². The Morgan fingerprint density at radius 2 is 2.00 bits per heavy atom. The van der Waals surface area contributed by atoms with Gasteiger partial charge in [-0.1, -0.05) is 18.2 Å². The first kappa shape index (κ1) is 18.3. The predicted molar refractivity (Wildman–Crippen MR) is 100 cm³/mol. The number of nitrogens with one attached hydrogen (secondary N) is 2. The summed E-state index contributed by atoms with van der Waals surface area (Å²) in [5, 5.41) is 9.40. The molecule has 1 aromatic carbocycles. The minimum absolute atomic E-state index is 0.0163. The van der Waals surface area contributed by atoms with E-state index in [9.17, 15) is 4.79 Å². The highest BCUT2D eigenvalue weighted by molar-refractivity contribution is 5.80. The number of H-pyrrole nitrogens is 1. The van der Waals surface area contributed by atoms with Crippen molar-refractivity contribution in [3.63, 3.8) is 0 Å². The van der Waals surface area contributed by atoms with Crippen LogP contribution in [0.25, 0.3) is 0 Å². The van der Waals surface area contributed by atoms with Crippen molar-refractivity contribution in [3.05, 3.63) is 52.1 Å². The molecule has 2 heterocycles. The molecule has 2 aromatic rings. The third kappa shape index (κ3) is 4.00. The average molecular weight is 356 g/mol. The van der Waals surface area contributed by atoms with Crippen LogP contribution in [0.5, 0.6) is 5.75 Å². The molecule has 0 amide bonds. The minimum Gasteiger partial charge on any atom is -0.488 e. The summed E-state index contributed by atoms with van der Waals surface area (Å²) in [7, 11) is 0. The summed E-state index contributed by atoms with van der Waals surface area (Å²) in [6.45, 7) is 7.66. The number of hydrogen-bond acceptors (Lipinski definition) is 5. The second kappa shape index (κ2) is 7.80. The van der Waals surface area contributed by atoms with Gasteiger partial charge in [0.05, 0.1) is 12.1 Å². The third-order valence-electron chi connectivity index (χ3n) is 4.50. The number of aromatic amines is 1. The number of nitrogens with zero attached hydrogens (tertiary/aromatic N) is 2. The van der Waals surface area contributed by atoms with Gasteiger partial charge in [-0.2, -0.15) is 4.98 Å². The number of para-hydroxylation sites is 1. The van der Waals surface area contributed by atoms with Crippen LogP contribution in [-0.4, -0.2) is 46.3 Å². The van der Waals surface area contributed by atoms with E-state index in [0.717, 1.165) is 25.1 Å². The molecule has 0 radical (unpaired) electrons. The summed E-state index contributed by atoms with van der Waals surface area (Å²) in [5.41, 5.74) is 0.0462. The molecule has 1 unspecified atom stereocenters. The van der Waals surface area contributed by atoms with Gasteiger partial charge in [-0.25, -0.2) is 0 Å². The first-order chi connectivity index (χ1) is 12.5. The lowest BCUT2D eigenvalue weighted by Crippen LogP contribution is -2.83. The van der Waals surface area contributed by atoms with Gasteiger partial charge in [0.25, 0.3) is 5.56 Å². The maximum absolute atomic E-state index is 12.3. The Morgan fingerprint density at radius 1 is 1.31 bits per heavy atom. The van der Waals surface area contributed by atoms with Crippen LogP contribution in [0.1, 0.15) is 38.2 Å². The Balaban J connectivity index is 1.69. The van der Waals surface area contributed by atoms with Crippen LogP contribution < -0.4 is 15.6 Å². The zero-order valence-corrected chi connectivity index (χ0v) is 15.4. The molecule has 1 aliphatic heterocycles. The van der Waals surface area contributed by atoms with Gasteiger partial charge in [-0.3, -0.25) is 15.0 Å². The molecule has 0 bridgehead atoms. The van der Waals surface area contributed by atoms with Crippen LogP contribution in [0.15, 0.2) is 35.1 Å². The Morgan fingerprint density at radius 3 is 2.62 bits per heavy atom. The molecule has 26 heavy (non-hydrogen) atoms. The zero-order chi connectivity index (χ0) is 18.7. The standard InChI is InChI=1S/C19H25N5O2/c1-12(2)21-18-16(9-20)19(25)23-17(22-18)13(3)24-10-15(11-24)26-14-7-5-4-6-8-14/h4-9,12-13,15,20H,10-11H2,1-3H3,(H2,21,22,23,25)/p+1. The fourth-order valence-electron chi connectivity index (χ4n) is 3.02. The Kier molecular flexibility index (Phi) is 5.49. The molecule has 4 N–H and O–H groups in total. The topological polar surface area (TPSA) is 98.7 Å². The van der Waals surface area contributed by atoms with E-state index >= 15 is 0 Å². The van der Waals surface area contributed by atoms with Crippen LogP contribution in [0.4, 0.5) is 5.82 Å². The number of quaternary nitrogens is 1. The van der Waals surface area contributed by atoms with E-state index in [1.165, 1.54) is 0 Å². The lowest BCUT2D eigenvalue weighted by atomic mass is 10.1. The summed E-state index contributed by atoms with van der Waals surface area (Å²) < 4.78 is 5.93. The van der Waals surface area contributed by atoms with E-state index in [1.807, 2.05) is 56.4 Å². The summed E-state index contributed by atoms with van der Waals surface area (Å²) >= 11 is 0. The smallest absolute Gasteiger partial charge is 0.266 e. The van der Waals surface area contributed by atoms with E-state index in [2.05, 4.69) is 14.9 Å². The van der Waals surface area contributed by atoms with Gasteiger partial charge in [0.1, 0.15) is 23.2 Å². The molecule has 7 heteroatoms. The number of hydrogen-bond donors (Lipinski definition) is 3. The maximum atomic E-state index is 12.3. The highest BCUT2D eigenvalue weighted by atomic mass is 16.5. The summed E-state index contributed by atoms with van der Waals surface area (Å²) in [6.07, 6.45) is 1.22. The van der Waals surface area contributed by atoms with Crippen LogP contribution >= 0.6 is 0 Å². The van der Waals surface area contributed by atoms with Crippen molar-refractivity contribution in [1.82, 2.24) is 14.9 Å². The molecule has 0 saturated carbocycles. The van der Waals surface area contributed by atoms with Crippen molar-refractivity contribution < 1.29 is 10.1 Å². The van der Waals surface area contributed by atoms with Crippen LogP contribution in [0.3, 0.4) is 0 Å². The molecular weight excluding hydrogens is 330 g/mol. The van der Waals surface area contributed by atoms with Gasteiger partial charge in [-0.15, -0.1) is 0 Å². The quantitative estimate of drug-likeness (QED) is 0.649. The maximum Gasteiger partial charge on any atom is 0.266 e. The predicted octanol–water partition coefficient (Wildman–Crippen LogP) is 1.20. The molecule has 3 rings (SSSR count). The second-order valence-corrected chi connectivity index (χ2v) is 6.99. The van der Waals surface area contributed by atoms with Crippen molar-refractivity contribution in [3.8, 4) is 5.75 Å². The molecule has 138 valence electrons. The number of likely N-dealkylation sites (tertiary alicyclic amines) is 1. The minimum atomic E-state index is -0.263. The SMILES string of the molecule is CC(C)[NH2+]c1nc(C(C)N2CC(Oc3ccccc3)C2)[nH]c(=O)c1C=N. The molecule has 0 aliphatic carbocycles. The average Bonchev–Trinajstić information content (AvgIpc) is 2.57. The molecule has 1 atom stereocenters. The Bertz CT molecular complexity index is 812. The van der Waals surface area contributed by atoms with Crippen LogP contribution in [-0.2, 0) is 0 Å². The van der Waals surface area contributed by atoms with Gasteiger partial charge in [0, 0.05) is 19.3 Å². The van der Waals surface area contributed by atoms with Crippen molar-refractivity contribution in [1.29, 1.82) is 5.41 Å². The fraction of sp³-hybridized carbons (Fsp3) is 0.421. The third-order valence-corrected chi connectivity index (χ3v) is 4.50. The number of nitrogens with two attached hydrogens (primary N) is 1. The summed E-state index contributed by atoms with van der Waals surface area (Å²) in [5.74, 6) is 2.09. The monoisotopic (exact) mass is 356 g/mol. The molecular formula is C19H26N5O2+. The van der Waals surface area contributed by atoms with E-state index in [0.29, 0.717) is 17.2 Å². The number of rotatable bonds is 7. The van der Waals surface area contributed by atoms with Gasteiger partial charge in [-0.05, 0) is 32.9 Å². The zero-order valence-electron chi connectivity index (χ0n) is 15.4. The van der Waals surface area contributed by atoms with E-state index in [-0.39, 0.29) is 23.7 Å². The number of ether oxygens (including phenoxy) is 1. The molecule has 1 fully saturated rings. The largest absolute Gasteiger partial charge is 0.488 e. The van der Waals surface area contributed by atoms with Gasteiger partial charge < -0.3 is 15.1 Å². The molecule has 1 saturated heterocycles. The first-order valence-corrected chi connectivity index (χ1v) is 8.93. The van der Waals surface area contributed by atoms with Crippen LogP contribution in [0, 0.1) is 5.41 Å². The fourth-order valence-corrected chi connectivity index (χ4v) is 3.02. The van der Waals surface area contributed by atoms with Gasteiger partial charge >= 0.3 is 0 Å². The van der Waals surface area contributed by atoms with Crippen molar-refractivity contribution in [2.45, 2.75) is 39.0 Å². The van der Waals surface area contributed by atoms with Crippen LogP contribution in [0.2, 0.25) is 0 Å². The lowest BCUT2D eigenvalue weighted by Gasteiger charge is -2.42. The molecule has 0 spiro atoms. The molecule has 1 aliphatic rings. The molecule has 7 nitrogen and oxygen atoms in total. The van der Waals surface area contributed by atoms with Crippen molar-refractivity contribution >= 4 is 12.0 Å². The highest BCUT2D eigenvalue weighted by Crippen LogP contribution is 2.25. The number of benzene rings is 1. The number of aromatic nitrogens is 2. The van der Waals surface area contributed by atoms with E-state index in [4.69, 9.17) is 10.1 Å². The lowest BCUT2D eigenvalue weighted by molar-refractivity contribution is -0.606. The van der Waals surface area contributed by atoms with Gasteiger partial charge in [0.15, 0.2) is 0 Å².